The second-order valence-corrected chi connectivity index (χ2v) is 11.3. The van der Waals surface area contributed by atoms with Crippen LogP contribution in [0, 0.1) is 12.8 Å². The third-order valence-corrected chi connectivity index (χ3v) is 8.72. The lowest BCUT2D eigenvalue weighted by molar-refractivity contribution is -0.141. The molecule has 9 bridgehead atoms. The molecule has 0 unspecified atom stereocenters. The summed E-state index contributed by atoms with van der Waals surface area (Å²) in [5.74, 6) is -1.93. The van der Waals surface area contributed by atoms with Crippen molar-refractivity contribution in [2.24, 2.45) is 5.92 Å². The molecule has 0 fully saturated rings. The molecular weight excluding hydrogens is 502 g/mol. The van der Waals surface area contributed by atoms with Crippen LogP contribution in [0.25, 0.3) is 11.2 Å². The Morgan fingerprint density at radius 2 is 1.80 bits per heavy atom. The SMILES string of the molecule is Cc1c2cnc3c1nnn3CCCCCCc1ccc(cc1)C(=O)N1CCc3ccc(cc3C1)[C@@H]2[C@H](C)C(=O)O. The van der Waals surface area contributed by atoms with Gasteiger partial charge in [-0.2, -0.15) is 0 Å². The Morgan fingerprint density at radius 3 is 2.60 bits per heavy atom. The van der Waals surface area contributed by atoms with Crippen LogP contribution >= 0.6 is 0 Å². The van der Waals surface area contributed by atoms with Gasteiger partial charge in [-0.05, 0) is 78.1 Å². The Labute approximate surface area is 234 Å². The van der Waals surface area contributed by atoms with E-state index in [9.17, 15) is 14.7 Å². The largest absolute Gasteiger partial charge is 0.481 e. The molecule has 8 nitrogen and oxygen atoms in total. The van der Waals surface area contributed by atoms with Gasteiger partial charge in [-0.3, -0.25) is 9.59 Å². The highest BCUT2D eigenvalue weighted by molar-refractivity contribution is 5.94. The summed E-state index contributed by atoms with van der Waals surface area (Å²) >= 11 is 0. The second kappa shape index (κ2) is 10.8. The zero-order valence-electron chi connectivity index (χ0n) is 23.1. The number of pyridine rings is 1. The fourth-order valence-electron chi connectivity index (χ4n) is 6.27. The number of aryl methyl sites for hydroxylation is 3. The zero-order valence-corrected chi connectivity index (χ0v) is 23.1. The number of hydrogen-bond donors (Lipinski definition) is 1. The minimum absolute atomic E-state index is 0.0359. The second-order valence-electron chi connectivity index (χ2n) is 11.3. The van der Waals surface area contributed by atoms with E-state index in [1.807, 2.05) is 40.9 Å². The molecule has 206 valence electrons. The van der Waals surface area contributed by atoms with Crippen molar-refractivity contribution in [2.45, 2.75) is 71.4 Å². The minimum Gasteiger partial charge on any atom is -0.481 e. The number of carbonyl (C=O) groups excluding carboxylic acids is 1. The van der Waals surface area contributed by atoms with Crippen LogP contribution in [0.5, 0.6) is 0 Å². The van der Waals surface area contributed by atoms with E-state index in [2.05, 4.69) is 34.6 Å². The Bertz CT molecular complexity index is 1580. The number of nitrogens with zero attached hydrogens (tertiary/aromatic N) is 5. The first-order valence-corrected chi connectivity index (χ1v) is 14.3. The number of benzene rings is 2. The molecule has 5 aliphatic rings. The maximum Gasteiger partial charge on any atom is 0.307 e. The monoisotopic (exact) mass is 537 g/mol. The molecule has 2 atom stereocenters. The maximum atomic E-state index is 13.4. The molecule has 5 aliphatic heterocycles. The van der Waals surface area contributed by atoms with Crippen LogP contribution < -0.4 is 0 Å². The van der Waals surface area contributed by atoms with Crippen LogP contribution in [0.2, 0.25) is 0 Å². The van der Waals surface area contributed by atoms with E-state index in [1.165, 1.54) is 11.1 Å². The summed E-state index contributed by atoms with van der Waals surface area (Å²) in [6, 6.07) is 14.3. The van der Waals surface area contributed by atoms with Crippen molar-refractivity contribution in [3.05, 3.63) is 87.6 Å². The smallest absolute Gasteiger partial charge is 0.307 e. The summed E-state index contributed by atoms with van der Waals surface area (Å²) in [6.07, 6.45) is 7.87. The highest BCUT2D eigenvalue weighted by Crippen LogP contribution is 2.37. The number of hydrogen-bond acceptors (Lipinski definition) is 5. The van der Waals surface area contributed by atoms with Crippen molar-refractivity contribution in [1.29, 1.82) is 0 Å². The van der Waals surface area contributed by atoms with Crippen LogP contribution in [-0.2, 0) is 30.7 Å². The van der Waals surface area contributed by atoms with Crippen molar-refractivity contribution in [1.82, 2.24) is 24.9 Å². The van der Waals surface area contributed by atoms with Crippen molar-refractivity contribution < 1.29 is 14.7 Å². The zero-order chi connectivity index (χ0) is 27.8. The number of carbonyl (C=O) groups is 2. The van der Waals surface area contributed by atoms with E-state index in [-0.39, 0.29) is 5.91 Å². The first-order valence-electron chi connectivity index (χ1n) is 14.3. The summed E-state index contributed by atoms with van der Waals surface area (Å²) in [5.41, 5.74) is 8.36. The highest BCUT2D eigenvalue weighted by atomic mass is 16.4. The molecule has 1 amide bonds. The topological polar surface area (TPSA) is 101 Å². The van der Waals surface area contributed by atoms with Crippen LogP contribution in [0.1, 0.15) is 82.3 Å². The Hall–Kier alpha value is -4.07. The summed E-state index contributed by atoms with van der Waals surface area (Å²) in [5, 5.41) is 19.0. The summed E-state index contributed by atoms with van der Waals surface area (Å²) in [6.45, 7) is 5.65. The molecule has 0 saturated heterocycles. The lowest BCUT2D eigenvalue weighted by Crippen LogP contribution is -2.36. The number of aliphatic carboxylic acids is 1. The van der Waals surface area contributed by atoms with Gasteiger partial charge in [-0.1, -0.05) is 55.3 Å². The summed E-state index contributed by atoms with van der Waals surface area (Å²) < 4.78 is 1.87. The number of carboxylic acid groups (broad SMARTS) is 1. The van der Waals surface area contributed by atoms with E-state index in [0.29, 0.717) is 18.7 Å². The van der Waals surface area contributed by atoms with Crippen LogP contribution in [-0.4, -0.2) is 48.4 Å². The van der Waals surface area contributed by atoms with Gasteiger partial charge in [-0.25, -0.2) is 9.67 Å². The first kappa shape index (κ1) is 26.2. The molecule has 2 aromatic heterocycles. The van der Waals surface area contributed by atoms with E-state index >= 15 is 0 Å². The molecule has 8 heteroatoms. The Morgan fingerprint density at radius 1 is 1.00 bits per heavy atom. The van der Waals surface area contributed by atoms with Crippen molar-refractivity contribution in [3.8, 4) is 0 Å². The lowest BCUT2D eigenvalue weighted by Gasteiger charge is -2.31. The van der Waals surface area contributed by atoms with Gasteiger partial charge in [0.1, 0.15) is 5.52 Å². The lowest BCUT2D eigenvalue weighted by atomic mass is 9.79. The van der Waals surface area contributed by atoms with E-state index in [0.717, 1.165) is 78.5 Å². The van der Waals surface area contributed by atoms with Crippen molar-refractivity contribution in [3.63, 3.8) is 0 Å². The van der Waals surface area contributed by atoms with Gasteiger partial charge in [-0.15, -0.1) is 5.10 Å². The number of amides is 1. The third-order valence-electron chi connectivity index (χ3n) is 8.72. The molecule has 7 heterocycles. The van der Waals surface area contributed by atoms with E-state index in [1.54, 1.807) is 6.92 Å². The van der Waals surface area contributed by atoms with Crippen molar-refractivity contribution in [2.75, 3.05) is 6.54 Å². The predicted octanol–water partition coefficient (Wildman–Crippen LogP) is 5.30. The fraction of sp³-hybridized carbons (Fsp3) is 0.406. The molecule has 4 aromatic rings. The van der Waals surface area contributed by atoms with Gasteiger partial charge < -0.3 is 10.0 Å². The quantitative estimate of drug-likeness (QED) is 0.372. The normalized spacial score (nSPS) is 18.7. The molecule has 0 saturated carbocycles. The maximum absolute atomic E-state index is 13.4. The molecule has 1 N–H and O–H groups in total. The fourth-order valence-corrected chi connectivity index (χ4v) is 6.27. The molecular formula is C32H35N5O3. The average Bonchev–Trinajstić information content (AvgIpc) is 3.39. The Kier molecular flexibility index (Phi) is 7.09. The number of rotatable bonds is 2. The first-order chi connectivity index (χ1) is 19.4. The van der Waals surface area contributed by atoms with Gasteiger partial charge in [0.15, 0.2) is 5.65 Å². The van der Waals surface area contributed by atoms with Gasteiger partial charge in [0.25, 0.3) is 5.91 Å². The van der Waals surface area contributed by atoms with Gasteiger partial charge in [0.2, 0.25) is 0 Å². The van der Waals surface area contributed by atoms with E-state index < -0.39 is 17.8 Å². The highest BCUT2D eigenvalue weighted by Gasteiger charge is 2.31. The number of carboxylic acids is 1. The van der Waals surface area contributed by atoms with Gasteiger partial charge in [0, 0.05) is 37.3 Å². The number of aromatic nitrogens is 4. The van der Waals surface area contributed by atoms with E-state index in [4.69, 9.17) is 4.98 Å². The summed E-state index contributed by atoms with van der Waals surface area (Å²) in [7, 11) is 0. The molecule has 40 heavy (non-hydrogen) atoms. The van der Waals surface area contributed by atoms with Crippen LogP contribution in [0.3, 0.4) is 0 Å². The predicted molar refractivity (Wildman–Crippen MR) is 152 cm³/mol. The van der Waals surface area contributed by atoms with Crippen LogP contribution in [0.15, 0.2) is 48.7 Å². The third kappa shape index (κ3) is 4.87. The van der Waals surface area contributed by atoms with Crippen molar-refractivity contribution >= 4 is 23.0 Å². The minimum atomic E-state index is -0.868. The molecule has 0 aliphatic carbocycles. The van der Waals surface area contributed by atoms with Crippen LogP contribution in [0.4, 0.5) is 0 Å². The standard InChI is InChI=1S/C32H35N5O3/c1-20-27-18-33-30-29(20)34-35-37(30)15-6-4-3-5-7-22-8-10-24(11-9-22)31(38)36-16-14-23-12-13-25(17-26(23)19-36)28(27)21(2)32(39)40/h8-13,17-18,21,28H,3-7,14-16,19H2,1-2H3,(H,39,40)/t21-,28-/m0/s1. The Balaban J connectivity index is 1.44. The van der Waals surface area contributed by atoms with Gasteiger partial charge in [0.05, 0.1) is 5.92 Å². The van der Waals surface area contributed by atoms with Gasteiger partial charge >= 0.3 is 5.97 Å². The molecule has 0 radical (unpaired) electrons. The summed E-state index contributed by atoms with van der Waals surface area (Å²) in [4.78, 5) is 32.4. The average molecular weight is 538 g/mol. The molecule has 2 aromatic carbocycles. The molecule has 9 rings (SSSR count). The molecule has 0 spiro atoms.